The van der Waals surface area contributed by atoms with Crippen molar-refractivity contribution in [2.45, 2.75) is 38.1 Å². The van der Waals surface area contributed by atoms with Gasteiger partial charge < -0.3 is 10.1 Å². The van der Waals surface area contributed by atoms with Gasteiger partial charge in [0.2, 0.25) is 0 Å². The Morgan fingerprint density at radius 1 is 1.14 bits per heavy atom. The molecule has 1 aliphatic carbocycles. The lowest BCUT2D eigenvalue weighted by atomic mass is 9.96. The number of rotatable bonds is 4. The van der Waals surface area contributed by atoms with Gasteiger partial charge in [0.15, 0.2) is 11.7 Å². The maximum atomic E-state index is 11.6. The van der Waals surface area contributed by atoms with Gasteiger partial charge in [-0.05, 0) is 37.2 Å². The molecule has 5 nitrogen and oxygen atoms in total. The van der Waals surface area contributed by atoms with E-state index in [9.17, 15) is 4.79 Å². The second-order valence-corrected chi connectivity index (χ2v) is 5.49. The lowest BCUT2D eigenvalue weighted by Gasteiger charge is -2.24. The number of benzene rings is 1. The van der Waals surface area contributed by atoms with Crippen LogP contribution in [0.1, 0.15) is 32.1 Å². The van der Waals surface area contributed by atoms with Crippen molar-refractivity contribution in [2.24, 2.45) is 0 Å². The van der Waals surface area contributed by atoms with Crippen LogP contribution in [-0.2, 0) is 4.79 Å². The summed E-state index contributed by atoms with van der Waals surface area (Å²) in [5.41, 5.74) is 5.23. The van der Waals surface area contributed by atoms with Gasteiger partial charge in [-0.25, -0.2) is 0 Å². The Hall–Kier alpha value is -1.82. The molecule has 1 fully saturated rings. The number of carbonyl (C=O) groups excluding carboxylic acids is 1. The molecule has 1 aliphatic rings. The predicted molar refractivity (Wildman–Crippen MR) is 85.8 cm³/mol. The summed E-state index contributed by atoms with van der Waals surface area (Å²) in [6, 6.07) is 9.62. The molecule has 1 aromatic rings. The smallest absolute Gasteiger partial charge is 0.276 e. The van der Waals surface area contributed by atoms with Crippen LogP contribution in [0.25, 0.3) is 0 Å². The molecule has 6 heteroatoms. The highest BCUT2D eigenvalue weighted by molar-refractivity contribution is 7.80. The second kappa shape index (κ2) is 8.46. The first-order valence-electron chi connectivity index (χ1n) is 7.27. The standard InChI is InChI=1S/C15H21N3O2S/c19-14(11-20-13-9-5-2-6-10-13)17-18-15(21)16-12-7-3-1-4-8-12/h2,5-6,9-10,12H,1,3-4,7-8,11H2,(H,17,19)(H2,16,18,21). The third kappa shape index (κ3) is 5.99. The highest BCUT2D eigenvalue weighted by Crippen LogP contribution is 2.17. The van der Waals surface area contributed by atoms with Gasteiger partial charge in [-0.15, -0.1) is 0 Å². The first kappa shape index (κ1) is 15.6. The average Bonchev–Trinajstić information content (AvgIpc) is 2.53. The molecule has 1 amide bonds. The van der Waals surface area contributed by atoms with Crippen molar-refractivity contribution in [1.82, 2.24) is 16.2 Å². The summed E-state index contributed by atoms with van der Waals surface area (Å²) in [5.74, 6) is 0.391. The van der Waals surface area contributed by atoms with Crippen molar-refractivity contribution in [3.8, 4) is 5.75 Å². The zero-order valence-corrected chi connectivity index (χ0v) is 12.7. The molecule has 0 atom stereocenters. The molecule has 0 radical (unpaired) electrons. The van der Waals surface area contributed by atoms with E-state index in [1.165, 1.54) is 19.3 Å². The molecule has 114 valence electrons. The Kier molecular flexibility index (Phi) is 6.27. The third-order valence-corrected chi connectivity index (χ3v) is 3.59. The van der Waals surface area contributed by atoms with Crippen molar-refractivity contribution in [1.29, 1.82) is 0 Å². The molecule has 3 N–H and O–H groups in total. The fraction of sp³-hybridized carbons (Fsp3) is 0.467. The molecule has 0 aromatic heterocycles. The minimum absolute atomic E-state index is 0.0525. The maximum absolute atomic E-state index is 11.6. The Labute approximate surface area is 130 Å². The van der Waals surface area contributed by atoms with Crippen LogP contribution < -0.4 is 20.9 Å². The van der Waals surface area contributed by atoms with Crippen LogP contribution in [0.15, 0.2) is 30.3 Å². The number of amides is 1. The number of nitrogens with one attached hydrogen (secondary N) is 3. The minimum atomic E-state index is -0.272. The Bertz CT molecular complexity index is 461. The SMILES string of the molecule is O=C(COc1ccccc1)NNC(=S)NC1CCCCC1. The van der Waals surface area contributed by atoms with Crippen LogP contribution in [0.5, 0.6) is 5.75 Å². The highest BCUT2D eigenvalue weighted by atomic mass is 32.1. The molecular formula is C15H21N3O2S. The molecule has 0 saturated heterocycles. The average molecular weight is 307 g/mol. The summed E-state index contributed by atoms with van der Waals surface area (Å²) < 4.78 is 5.33. The summed E-state index contributed by atoms with van der Waals surface area (Å²) >= 11 is 5.15. The molecule has 0 aliphatic heterocycles. The normalized spacial score (nSPS) is 15.0. The van der Waals surface area contributed by atoms with Crippen molar-refractivity contribution in [3.63, 3.8) is 0 Å². The number of hydrogen-bond acceptors (Lipinski definition) is 3. The van der Waals surface area contributed by atoms with E-state index < -0.39 is 0 Å². The molecular weight excluding hydrogens is 286 g/mol. The van der Waals surface area contributed by atoms with E-state index in [1.54, 1.807) is 12.1 Å². The fourth-order valence-electron chi connectivity index (χ4n) is 2.30. The third-order valence-electron chi connectivity index (χ3n) is 3.37. The van der Waals surface area contributed by atoms with Gasteiger partial charge in [-0.1, -0.05) is 37.5 Å². The summed E-state index contributed by atoms with van der Waals surface area (Å²) in [6.07, 6.45) is 6.03. The molecule has 0 unspecified atom stereocenters. The first-order valence-corrected chi connectivity index (χ1v) is 7.68. The van der Waals surface area contributed by atoms with Crippen LogP contribution in [0, 0.1) is 0 Å². The zero-order chi connectivity index (χ0) is 14.9. The Morgan fingerprint density at radius 2 is 1.86 bits per heavy atom. The number of para-hydroxylation sites is 1. The van der Waals surface area contributed by atoms with Gasteiger partial charge >= 0.3 is 0 Å². The second-order valence-electron chi connectivity index (χ2n) is 5.08. The molecule has 2 rings (SSSR count). The van der Waals surface area contributed by atoms with Crippen LogP contribution in [0.3, 0.4) is 0 Å². The number of hydrogen-bond donors (Lipinski definition) is 3. The molecule has 1 aromatic carbocycles. The van der Waals surface area contributed by atoms with E-state index >= 15 is 0 Å². The van der Waals surface area contributed by atoms with Crippen LogP contribution in [0.2, 0.25) is 0 Å². The molecule has 21 heavy (non-hydrogen) atoms. The van der Waals surface area contributed by atoms with Gasteiger partial charge in [-0.2, -0.15) is 0 Å². The quantitative estimate of drug-likeness (QED) is 0.586. The molecule has 1 saturated carbocycles. The highest BCUT2D eigenvalue weighted by Gasteiger charge is 2.14. The van der Waals surface area contributed by atoms with Crippen LogP contribution in [-0.4, -0.2) is 23.7 Å². The van der Waals surface area contributed by atoms with Gasteiger partial charge in [0, 0.05) is 6.04 Å². The van der Waals surface area contributed by atoms with Gasteiger partial charge in [0.05, 0.1) is 0 Å². The zero-order valence-electron chi connectivity index (χ0n) is 11.9. The van der Waals surface area contributed by atoms with Crippen LogP contribution in [0.4, 0.5) is 0 Å². The largest absolute Gasteiger partial charge is 0.484 e. The molecule has 0 bridgehead atoms. The topological polar surface area (TPSA) is 62.4 Å². The summed E-state index contributed by atoms with van der Waals surface area (Å²) in [7, 11) is 0. The molecule has 0 heterocycles. The maximum Gasteiger partial charge on any atom is 0.276 e. The van der Waals surface area contributed by atoms with Crippen molar-refractivity contribution < 1.29 is 9.53 Å². The Morgan fingerprint density at radius 3 is 2.57 bits per heavy atom. The Balaban J connectivity index is 1.60. The summed E-state index contributed by atoms with van der Waals surface area (Å²) in [6.45, 7) is -0.0525. The molecule has 0 spiro atoms. The van der Waals surface area contributed by atoms with E-state index in [1.807, 2.05) is 18.2 Å². The number of thiocarbonyl (C=S) groups is 1. The number of hydrazine groups is 1. The summed E-state index contributed by atoms with van der Waals surface area (Å²) in [5, 5.41) is 3.67. The van der Waals surface area contributed by atoms with Gasteiger partial charge in [0.25, 0.3) is 5.91 Å². The predicted octanol–water partition coefficient (Wildman–Crippen LogP) is 1.89. The monoisotopic (exact) mass is 307 g/mol. The fourth-order valence-corrected chi connectivity index (χ4v) is 2.51. The van der Waals surface area contributed by atoms with E-state index in [2.05, 4.69) is 16.2 Å². The first-order chi connectivity index (χ1) is 10.2. The summed E-state index contributed by atoms with van der Waals surface area (Å²) in [4.78, 5) is 11.6. The van der Waals surface area contributed by atoms with Crippen molar-refractivity contribution >= 4 is 23.2 Å². The lowest BCUT2D eigenvalue weighted by molar-refractivity contribution is -0.123. The van der Waals surface area contributed by atoms with Gasteiger partial charge in [0.1, 0.15) is 5.75 Å². The minimum Gasteiger partial charge on any atom is -0.484 e. The van der Waals surface area contributed by atoms with Gasteiger partial charge in [-0.3, -0.25) is 15.6 Å². The van der Waals surface area contributed by atoms with Crippen molar-refractivity contribution in [3.05, 3.63) is 30.3 Å². The number of carbonyl (C=O) groups is 1. The number of ether oxygens (including phenoxy) is 1. The van der Waals surface area contributed by atoms with E-state index in [0.717, 1.165) is 12.8 Å². The van der Waals surface area contributed by atoms with E-state index in [-0.39, 0.29) is 12.5 Å². The van der Waals surface area contributed by atoms with Crippen LogP contribution >= 0.6 is 12.2 Å². The van der Waals surface area contributed by atoms with E-state index in [4.69, 9.17) is 17.0 Å². The van der Waals surface area contributed by atoms with E-state index in [0.29, 0.717) is 16.9 Å². The lowest BCUT2D eigenvalue weighted by Crippen LogP contribution is -2.51. The van der Waals surface area contributed by atoms with Crippen molar-refractivity contribution in [2.75, 3.05) is 6.61 Å².